The lowest BCUT2D eigenvalue weighted by Gasteiger charge is -2.29. The van der Waals surface area contributed by atoms with Gasteiger partial charge in [0.2, 0.25) is 0 Å². The van der Waals surface area contributed by atoms with Crippen LogP contribution in [0.1, 0.15) is 72.6 Å². The molecule has 0 aromatic carbocycles. The molecular weight excluding hydrogens is 256 g/mol. The Hall–Kier alpha value is 0.0969. The summed E-state index contributed by atoms with van der Waals surface area (Å²) in [5.74, 6) is 0. The molecular formula is C15H34O3Si. The second kappa shape index (κ2) is 13.1. The first-order valence-corrected chi connectivity index (χ1v) is 10.1. The summed E-state index contributed by atoms with van der Waals surface area (Å²) in [6.45, 7) is 11.1. The lowest BCUT2D eigenvalue weighted by molar-refractivity contribution is 0.0561. The smallest absolute Gasteiger partial charge is 0.373 e. The average Bonchev–Trinajstić information content (AvgIpc) is 2.40. The molecule has 0 bridgehead atoms. The van der Waals surface area contributed by atoms with Crippen LogP contribution in [0, 0.1) is 0 Å². The molecule has 0 atom stereocenters. The predicted molar refractivity (Wildman–Crippen MR) is 83.4 cm³/mol. The fraction of sp³-hybridized carbons (Fsp3) is 1.00. The van der Waals surface area contributed by atoms with Gasteiger partial charge in [0.05, 0.1) is 0 Å². The van der Waals surface area contributed by atoms with Gasteiger partial charge in [-0.25, -0.2) is 0 Å². The van der Waals surface area contributed by atoms with Gasteiger partial charge < -0.3 is 13.3 Å². The van der Waals surface area contributed by atoms with Crippen molar-refractivity contribution in [3.63, 3.8) is 0 Å². The third-order valence-electron chi connectivity index (χ3n) is 3.02. The Morgan fingerprint density at radius 3 is 1.21 bits per heavy atom. The lowest BCUT2D eigenvalue weighted by atomic mass is 10.4. The van der Waals surface area contributed by atoms with Crippen molar-refractivity contribution in [2.24, 2.45) is 0 Å². The van der Waals surface area contributed by atoms with E-state index in [9.17, 15) is 0 Å². The van der Waals surface area contributed by atoms with Gasteiger partial charge in [-0.05, 0) is 19.3 Å². The third kappa shape index (κ3) is 9.60. The van der Waals surface area contributed by atoms with E-state index < -0.39 is 8.80 Å². The summed E-state index contributed by atoms with van der Waals surface area (Å²) in [5, 5.41) is 0. The Bertz CT molecular complexity index is 162. The Kier molecular flexibility index (Phi) is 13.2. The van der Waals surface area contributed by atoms with Crippen molar-refractivity contribution < 1.29 is 13.3 Å². The summed E-state index contributed by atoms with van der Waals surface area (Å²) in [7, 11) is -2.41. The number of rotatable bonds is 14. The van der Waals surface area contributed by atoms with E-state index in [-0.39, 0.29) is 0 Å². The predicted octanol–water partition coefficient (Wildman–Crippen LogP) is 4.79. The van der Waals surface area contributed by atoms with E-state index in [1.54, 1.807) is 0 Å². The molecule has 0 aliphatic heterocycles. The second-order valence-electron chi connectivity index (χ2n) is 5.04. The first-order chi connectivity index (χ1) is 9.24. The monoisotopic (exact) mass is 290 g/mol. The maximum absolute atomic E-state index is 6.10. The number of unbranched alkanes of at least 4 members (excludes halogenated alkanes) is 3. The Morgan fingerprint density at radius 2 is 0.947 bits per heavy atom. The first kappa shape index (κ1) is 19.1. The fourth-order valence-electron chi connectivity index (χ4n) is 1.76. The van der Waals surface area contributed by atoms with Crippen molar-refractivity contribution in [1.82, 2.24) is 0 Å². The molecule has 0 amide bonds. The topological polar surface area (TPSA) is 27.7 Å². The van der Waals surface area contributed by atoms with Crippen LogP contribution in [0.15, 0.2) is 0 Å². The highest BCUT2D eigenvalue weighted by molar-refractivity contribution is 6.60. The van der Waals surface area contributed by atoms with Crippen LogP contribution < -0.4 is 0 Å². The van der Waals surface area contributed by atoms with Crippen LogP contribution >= 0.6 is 0 Å². The zero-order chi connectivity index (χ0) is 14.4. The maximum atomic E-state index is 6.10. The lowest BCUT2D eigenvalue weighted by Crippen LogP contribution is -2.46. The van der Waals surface area contributed by atoms with Gasteiger partial charge in [-0.3, -0.25) is 0 Å². The van der Waals surface area contributed by atoms with Crippen molar-refractivity contribution in [2.75, 3.05) is 19.8 Å². The molecule has 0 radical (unpaired) electrons. The molecule has 116 valence electrons. The molecule has 0 aliphatic carbocycles. The molecule has 0 aromatic heterocycles. The molecule has 0 unspecified atom stereocenters. The summed E-state index contributed by atoms with van der Waals surface area (Å²) in [6.07, 6.45) is 7.80. The molecule has 0 aliphatic rings. The molecule has 0 fully saturated rings. The summed E-state index contributed by atoms with van der Waals surface area (Å²) in [4.78, 5) is 0. The highest BCUT2D eigenvalue weighted by Gasteiger charge is 2.39. The normalized spacial score (nSPS) is 12.0. The minimum Gasteiger partial charge on any atom is -0.373 e. The Morgan fingerprint density at radius 1 is 0.579 bits per heavy atom. The standard InChI is InChI=1S/C15H34O3Si/c1-5-9-12-16-19(15-8-4,17-13-10-6-2)18-14-11-7-3/h5-15H2,1-4H3. The zero-order valence-corrected chi connectivity index (χ0v) is 14.5. The number of hydrogen-bond acceptors (Lipinski definition) is 3. The molecule has 0 N–H and O–H groups in total. The van der Waals surface area contributed by atoms with Gasteiger partial charge in [0.1, 0.15) is 0 Å². The van der Waals surface area contributed by atoms with E-state index in [0.29, 0.717) is 0 Å². The molecule has 4 heteroatoms. The Balaban J connectivity index is 4.37. The SMILES string of the molecule is CCCCO[Si](CCC)(OCCCC)OCCCC. The molecule has 3 nitrogen and oxygen atoms in total. The van der Waals surface area contributed by atoms with E-state index in [1.165, 1.54) is 0 Å². The molecule has 19 heavy (non-hydrogen) atoms. The molecule has 0 heterocycles. The van der Waals surface area contributed by atoms with Crippen molar-refractivity contribution in [2.45, 2.75) is 78.7 Å². The molecule has 0 rings (SSSR count). The van der Waals surface area contributed by atoms with Gasteiger partial charge in [-0.2, -0.15) is 0 Å². The van der Waals surface area contributed by atoms with Crippen LogP contribution in [-0.4, -0.2) is 28.6 Å². The van der Waals surface area contributed by atoms with Gasteiger partial charge in [-0.1, -0.05) is 53.4 Å². The molecule has 0 aromatic rings. The number of hydrogen-bond donors (Lipinski definition) is 0. The highest BCUT2D eigenvalue weighted by Crippen LogP contribution is 2.20. The maximum Gasteiger partial charge on any atom is 0.500 e. The van der Waals surface area contributed by atoms with E-state index >= 15 is 0 Å². The van der Waals surface area contributed by atoms with Crippen LogP contribution in [0.4, 0.5) is 0 Å². The highest BCUT2D eigenvalue weighted by atomic mass is 28.4. The third-order valence-corrected chi connectivity index (χ3v) is 6.06. The summed E-state index contributed by atoms with van der Waals surface area (Å²) >= 11 is 0. The first-order valence-electron chi connectivity index (χ1n) is 8.16. The van der Waals surface area contributed by atoms with Crippen molar-refractivity contribution in [1.29, 1.82) is 0 Å². The second-order valence-corrected chi connectivity index (χ2v) is 7.77. The van der Waals surface area contributed by atoms with Gasteiger partial charge in [0, 0.05) is 25.9 Å². The fourth-order valence-corrected chi connectivity index (χ4v) is 4.43. The van der Waals surface area contributed by atoms with Gasteiger partial charge >= 0.3 is 8.80 Å². The van der Waals surface area contributed by atoms with E-state index in [0.717, 1.165) is 70.8 Å². The summed E-state index contributed by atoms with van der Waals surface area (Å²) < 4.78 is 18.3. The molecule has 0 saturated heterocycles. The minimum atomic E-state index is -2.41. The van der Waals surface area contributed by atoms with E-state index in [2.05, 4.69) is 27.7 Å². The van der Waals surface area contributed by atoms with Gasteiger partial charge in [0.25, 0.3) is 0 Å². The largest absolute Gasteiger partial charge is 0.500 e. The van der Waals surface area contributed by atoms with Crippen molar-refractivity contribution in [3.05, 3.63) is 0 Å². The summed E-state index contributed by atoms with van der Waals surface area (Å²) in [6, 6.07) is 0.949. The van der Waals surface area contributed by atoms with Crippen LogP contribution in [0.25, 0.3) is 0 Å². The minimum absolute atomic E-state index is 0.779. The van der Waals surface area contributed by atoms with Gasteiger partial charge in [-0.15, -0.1) is 0 Å². The van der Waals surface area contributed by atoms with Crippen LogP contribution in [0.3, 0.4) is 0 Å². The van der Waals surface area contributed by atoms with Crippen LogP contribution in [0.2, 0.25) is 6.04 Å². The molecule has 0 saturated carbocycles. The van der Waals surface area contributed by atoms with Crippen LogP contribution in [0.5, 0.6) is 0 Å². The van der Waals surface area contributed by atoms with E-state index in [1.807, 2.05) is 0 Å². The quantitative estimate of drug-likeness (QED) is 0.340. The average molecular weight is 291 g/mol. The van der Waals surface area contributed by atoms with Crippen LogP contribution in [-0.2, 0) is 13.3 Å². The van der Waals surface area contributed by atoms with Crippen molar-refractivity contribution in [3.8, 4) is 0 Å². The summed E-state index contributed by atoms with van der Waals surface area (Å²) in [5.41, 5.74) is 0. The van der Waals surface area contributed by atoms with Crippen molar-refractivity contribution >= 4 is 8.80 Å². The van der Waals surface area contributed by atoms with Gasteiger partial charge in [0.15, 0.2) is 0 Å². The molecule has 0 spiro atoms. The zero-order valence-electron chi connectivity index (χ0n) is 13.5. The van der Waals surface area contributed by atoms with E-state index in [4.69, 9.17) is 13.3 Å². The Labute approximate surface area is 121 Å².